The molecular weight excluding hydrogens is 257 g/mol. The summed E-state index contributed by atoms with van der Waals surface area (Å²) >= 11 is 0. The van der Waals surface area contributed by atoms with Crippen molar-refractivity contribution in [3.05, 3.63) is 0 Å². The molecule has 1 saturated carbocycles. The van der Waals surface area contributed by atoms with Gasteiger partial charge in [0.05, 0.1) is 5.92 Å². The Morgan fingerprint density at radius 3 is 1.95 bits per heavy atom. The van der Waals surface area contributed by atoms with Crippen LogP contribution in [0.25, 0.3) is 0 Å². The molecule has 2 rings (SSSR count). The van der Waals surface area contributed by atoms with Crippen LogP contribution in [0, 0.1) is 17.8 Å². The van der Waals surface area contributed by atoms with Gasteiger partial charge in [0.15, 0.2) is 0 Å². The molecule has 2 aliphatic rings. The molecule has 0 radical (unpaired) electrons. The van der Waals surface area contributed by atoms with Crippen molar-refractivity contribution >= 4 is 0 Å². The van der Waals surface area contributed by atoms with Gasteiger partial charge in [-0.3, -0.25) is 11.3 Å². The quantitative estimate of drug-likeness (QED) is 0.617. The molecule has 0 amide bonds. The highest BCUT2D eigenvalue weighted by molar-refractivity contribution is 4.87. The molecule has 1 saturated heterocycles. The number of hydrazine groups is 1. The normalized spacial score (nSPS) is 32.2. The Morgan fingerprint density at radius 2 is 1.47 bits per heavy atom. The first-order chi connectivity index (χ1) is 9.02. The summed E-state index contributed by atoms with van der Waals surface area (Å²) in [6.07, 6.45) is -0.393. The van der Waals surface area contributed by atoms with E-state index in [0.29, 0.717) is 18.8 Å². The third-order valence-corrected chi connectivity index (χ3v) is 4.71. The van der Waals surface area contributed by atoms with Gasteiger partial charge < -0.3 is 4.74 Å². The first kappa shape index (κ1) is 15.1. The van der Waals surface area contributed by atoms with Gasteiger partial charge >= 0.3 is 6.18 Å². The third-order valence-electron chi connectivity index (χ3n) is 4.71. The van der Waals surface area contributed by atoms with Gasteiger partial charge in [0.1, 0.15) is 0 Å². The zero-order chi connectivity index (χ0) is 13.9. The molecule has 0 aromatic carbocycles. The van der Waals surface area contributed by atoms with E-state index in [1.54, 1.807) is 0 Å². The first-order valence-corrected chi connectivity index (χ1v) is 7.13. The molecule has 0 spiro atoms. The number of nitrogens with two attached hydrogens (primary N) is 1. The van der Waals surface area contributed by atoms with E-state index in [4.69, 9.17) is 10.6 Å². The molecule has 0 bridgehead atoms. The Hall–Kier alpha value is -0.330. The number of rotatable bonds is 3. The molecule has 3 nitrogen and oxygen atoms in total. The van der Waals surface area contributed by atoms with Crippen LogP contribution in [-0.2, 0) is 4.74 Å². The van der Waals surface area contributed by atoms with Crippen molar-refractivity contribution in [3.63, 3.8) is 0 Å². The molecule has 2 fully saturated rings. The monoisotopic (exact) mass is 280 g/mol. The summed E-state index contributed by atoms with van der Waals surface area (Å²) in [7, 11) is 0. The highest BCUT2D eigenvalue weighted by atomic mass is 19.4. The first-order valence-electron chi connectivity index (χ1n) is 7.13. The summed E-state index contributed by atoms with van der Waals surface area (Å²) in [5, 5.41) is 0. The van der Waals surface area contributed by atoms with Crippen LogP contribution in [0.2, 0.25) is 0 Å². The van der Waals surface area contributed by atoms with Crippen LogP contribution in [-0.4, -0.2) is 25.4 Å². The van der Waals surface area contributed by atoms with Gasteiger partial charge in [0.2, 0.25) is 0 Å². The summed E-state index contributed by atoms with van der Waals surface area (Å²) in [5.74, 6) is 5.23. The van der Waals surface area contributed by atoms with Crippen LogP contribution in [0.4, 0.5) is 13.2 Å². The van der Waals surface area contributed by atoms with E-state index < -0.39 is 12.1 Å². The fourth-order valence-electron chi connectivity index (χ4n) is 3.54. The van der Waals surface area contributed by atoms with Crippen molar-refractivity contribution in [1.29, 1.82) is 0 Å². The maximum Gasteiger partial charge on any atom is 0.391 e. The number of hydrogen-bond donors (Lipinski definition) is 2. The minimum atomic E-state index is -4.03. The zero-order valence-electron chi connectivity index (χ0n) is 11.1. The second-order valence-corrected chi connectivity index (χ2v) is 5.80. The van der Waals surface area contributed by atoms with Crippen molar-refractivity contribution in [2.45, 2.75) is 50.7 Å². The Balaban J connectivity index is 1.87. The standard InChI is InChI=1S/C13H23F3N2O/c14-13(15,16)11-3-1-9(2-4-11)12(18-17)10-5-7-19-8-6-10/h9-12,18H,1-8,17H2. The van der Waals surface area contributed by atoms with E-state index in [2.05, 4.69) is 5.43 Å². The lowest BCUT2D eigenvalue weighted by Gasteiger charge is -2.39. The average molecular weight is 280 g/mol. The van der Waals surface area contributed by atoms with Gasteiger partial charge in [-0.1, -0.05) is 0 Å². The van der Waals surface area contributed by atoms with Crippen LogP contribution in [0.5, 0.6) is 0 Å². The number of ether oxygens (including phenoxy) is 1. The number of hydrogen-bond acceptors (Lipinski definition) is 3. The second-order valence-electron chi connectivity index (χ2n) is 5.80. The van der Waals surface area contributed by atoms with Crippen LogP contribution in [0.15, 0.2) is 0 Å². The Bertz CT molecular complexity index is 272. The topological polar surface area (TPSA) is 47.3 Å². The summed E-state index contributed by atoms with van der Waals surface area (Å²) in [4.78, 5) is 0. The van der Waals surface area contributed by atoms with Gasteiger partial charge in [-0.2, -0.15) is 13.2 Å². The van der Waals surface area contributed by atoms with Crippen molar-refractivity contribution in [2.75, 3.05) is 13.2 Å². The van der Waals surface area contributed by atoms with Crippen molar-refractivity contribution in [1.82, 2.24) is 5.43 Å². The molecule has 1 atom stereocenters. The van der Waals surface area contributed by atoms with E-state index >= 15 is 0 Å². The summed E-state index contributed by atoms with van der Waals surface area (Å²) < 4.78 is 43.3. The van der Waals surface area contributed by atoms with E-state index in [1.807, 2.05) is 0 Å². The number of alkyl halides is 3. The number of nitrogens with one attached hydrogen (secondary N) is 1. The zero-order valence-corrected chi connectivity index (χ0v) is 11.1. The molecule has 1 aliphatic carbocycles. The van der Waals surface area contributed by atoms with Crippen LogP contribution in [0.3, 0.4) is 0 Å². The van der Waals surface area contributed by atoms with Crippen LogP contribution in [0.1, 0.15) is 38.5 Å². The molecule has 19 heavy (non-hydrogen) atoms. The minimum Gasteiger partial charge on any atom is -0.381 e. The molecule has 6 heteroatoms. The molecule has 3 N–H and O–H groups in total. The van der Waals surface area contributed by atoms with Gasteiger partial charge in [0, 0.05) is 19.3 Å². The molecular formula is C13H23F3N2O. The minimum absolute atomic E-state index is 0.137. The van der Waals surface area contributed by atoms with E-state index in [-0.39, 0.29) is 24.8 Å². The fraction of sp³-hybridized carbons (Fsp3) is 1.00. The maximum absolute atomic E-state index is 12.6. The summed E-state index contributed by atoms with van der Waals surface area (Å²) in [5.41, 5.74) is 2.86. The average Bonchev–Trinajstić information content (AvgIpc) is 2.40. The van der Waals surface area contributed by atoms with E-state index in [0.717, 1.165) is 26.1 Å². The van der Waals surface area contributed by atoms with Crippen molar-refractivity contribution in [3.8, 4) is 0 Å². The predicted molar refractivity (Wildman–Crippen MR) is 66.2 cm³/mol. The number of halogens is 3. The molecule has 0 aromatic heterocycles. The van der Waals surface area contributed by atoms with Crippen molar-refractivity contribution < 1.29 is 17.9 Å². The lowest BCUT2D eigenvalue weighted by molar-refractivity contribution is -0.184. The van der Waals surface area contributed by atoms with Crippen molar-refractivity contribution in [2.24, 2.45) is 23.6 Å². The highest BCUT2D eigenvalue weighted by Gasteiger charge is 2.43. The van der Waals surface area contributed by atoms with Crippen LogP contribution < -0.4 is 11.3 Å². The largest absolute Gasteiger partial charge is 0.391 e. The fourth-order valence-corrected chi connectivity index (χ4v) is 3.54. The molecule has 0 aromatic rings. The lowest BCUT2D eigenvalue weighted by Crippen LogP contribution is -2.49. The highest BCUT2D eigenvalue weighted by Crippen LogP contribution is 2.41. The smallest absolute Gasteiger partial charge is 0.381 e. The van der Waals surface area contributed by atoms with E-state index in [9.17, 15) is 13.2 Å². The van der Waals surface area contributed by atoms with Gasteiger partial charge in [-0.15, -0.1) is 0 Å². The summed E-state index contributed by atoms with van der Waals surface area (Å²) in [6, 6.07) is 0.137. The second kappa shape index (κ2) is 6.41. The maximum atomic E-state index is 12.6. The Labute approximate surface area is 112 Å². The molecule has 1 heterocycles. The van der Waals surface area contributed by atoms with Crippen LogP contribution >= 0.6 is 0 Å². The lowest BCUT2D eigenvalue weighted by atomic mass is 9.73. The molecule has 112 valence electrons. The Kier molecular flexibility index (Phi) is 5.09. The third kappa shape index (κ3) is 3.83. The van der Waals surface area contributed by atoms with Gasteiger partial charge in [-0.25, -0.2) is 0 Å². The van der Waals surface area contributed by atoms with E-state index in [1.165, 1.54) is 0 Å². The SMILES string of the molecule is NNC(C1CCOCC1)C1CCC(C(F)(F)F)CC1. The van der Waals surface area contributed by atoms with Gasteiger partial charge in [-0.05, 0) is 50.4 Å². The predicted octanol–water partition coefficient (Wildman–Crippen LogP) is 2.61. The van der Waals surface area contributed by atoms with Gasteiger partial charge in [0.25, 0.3) is 0 Å². The summed E-state index contributed by atoms with van der Waals surface area (Å²) in [6.45, 7) is 1.47. The molecule has 1 aliphatic heterocycles. The molecule has 1 unspecified atom stereocenters. The Morgan fingerprint density at radius 1 is 0.947 bits per heavy atom.